The van der Waals surface area contributed by atoms with Gasteiger partial charge in [-0.15, -0.1) is 0 Å². The number of likely N-dealkylation sites (tertiary alicyclic amines) is 1. The summed E-state index contributed by atoms with van der Waals surface area (Å²) in [5, 5.41) is 2.78. The first kappa shape index (κ1) is 15.8. The minimum atomic E-state index is -0.408. The molecule has 21 heavy (non-hydrogen) atoms. The number of amides is 3. The first-order chi connectivity index (χ1) is 10.1. The molecule has 0 spiro atoms. The summed E-state index contributed by atoms with van der Waals surface area (Å²) < 4.78 is 4.97. The van der Waals surface area contributed by atoms with Crippen LogP contribution in [0.4, 0.5) is 0 Å². The molecule has 2 saturated heterocycles. The molecule has 3 amide bonds. The molecule has 2 atom stereocenters. The number of carbonyl (C=O) groups is 3. The van der Waals surface area contributed by atoms with Crippen molar-refractivity contribution in [3.8, 4) is 0 Å². The fraction of sp³-hybridized carbons (Fsp3) is 0.786. The lowest BCUT2D eigenvalue weighted by molar-refractivity contribution is -0.146. The molecule has 7 nitrogen and oxygen atoms in total. The second-order valence-corrected chi connectivity index (χ2v) is 5.48. The predicted molar refractivity (Wildman–Crippen MR) is 75.4 cm³/mol. The van der Waals surface area contributed by atoms with Crippen LogP contribution >= 0.6 is 0 Å². The van der Waals surface area contributed by atoms with Crippen molar-refractivity contribution < 1.29 is 19.1 Å². The standard InChI is InChI=1S/C14H23N3O4/c1-3-11-13(19)15-4-5-17(11)14(20)10-8-12(18)16(9-10)6-7-21-2/h10-11H,3-9H2,1-2H3,(H,15,19). The molecule has 0 saturated carbocycles. The zero-order chi connectivity index (χ0) is 15.4. The molecular weight excluding hydrogens is 274 g/mol. The van der Waals surface area contributed by atoms with Crippen LogP contribution < -0.4 is 5.32 Å². The number of rotatable bonds is 5. The first-order valence-electron chi connectivity index (χ1n) is 7.43. The van der Waals surface area contributed by atoms with Crippen molar-refractivity contribution in [3.63, 3.8) is 0 Å². The van der Waals surface area contributed by atoms with E-state index in [2.05, 4.69) is 5.32 Å². The lowest BCUT2D eigenvalue weighted by atomic mass is 10.0. The number of ether oxygens (including phenoxy) is 1. The quantitative estimate of drug-likeness (QED) is 0.722. The fourth-order valence-electron chi connectivity index (χ4n) is 2.97. The van der Waals surface area contributed by atoms with Gasteiger partial charge >= 0.3 is 0 Å². The van der Waals surface area contributed by atoms with Crippen LogP contribution in [0.5, 0.6) is 0 Å². The van der Waals surface area contributed by atoms with Gasteiger partial charge in [0, 0.05) is 39.7 Å². The maximum absolute atomic E-state index is 12.6. The molecule has 2 heterocycles. The minimum absolute atomic E-state index is 0.0140. The number of hydrogen-bond donors (Lipinski definition) is 1. The number of carbonyl (C=O) groups excluding carboxylic acids is 3. The molecule has 0 aliphatic carbocycles. The lowest BCUT2D eigenvalue weighted by Gasteiger charge is -2.36. The van der Waals surface area contributed by atoms with Crippen LogP contribution in [0.1, 0.15) is 19.8 Å². The Morgan fingerprint density at radius 1 is 1.43 bits per heavy atom. The lowest BCUT2D eigenvalue weighted by Crippen LogP contribution is -2.58. The van der Waals surface area contributed by atoms with E-state index in [0.717, 1.165) is 0 Å². The topological polar surface area (TPSA) is 79.0 Å². The molecule has 1 N–H and O–H groups in total. The molecule has 2 fully saturated rings. The third kappa shape index (κ3) is 3.34. The summed E-state index contributed by atoms with van der Waals surface area (Å²) in [7, 11) is 1.58. The van der Waals surface area contributed by atoms with E-state index >= 15 is 0 Å². The van der Waals surface area contributed by atoms with E-state index in [1.165, 1.54) is 0 Å². The van der Waals surface area contributed by atoms with Gasteiger partial charge in [-0.25, -0.2) is 0 Å². The third-order valence-electron chi connectivity index (χ3n) is 4.13. The summed E-state index contributed by atoms with van der Waals surface area (Å²) in [6.45, 7) is 4.30. The van der Waals surface area contributed by atoms with Gasteiger partial charge in [0.1, 0.15) is 6.04 Å². The minimum Gasteiger partial charge on any atom is -0.383 e. The van der Waals surface area contributed by atoms with Crippen LogP contribution in [0.15, 0.2) is 0 Å². The fourth-order valence-corrected chi connectivity index (χ4v) is 2.97. The zero-order valence-corrected chi connectivity index (χ0v) is 12.6. The monoisotopic (exact) mass is 297 g/mol. The summed E-state index contributed by atoms with van der Waals surface area (Å²) in [6.07, 6.45) is 0.822. The van der Waals surface area contributed by atoms with Crippen molar-refractivity contribution in [1.29, 1.82) is 0 Å². The highest BCUT2D eigenvalue weighted by molar-refractivity contribution is 5.93. The number of nitrogens with zero attached hydrogens (tertiary/aromatic N) is 2. The van der Waals surface area contributed by atoms with E-state index in [9.17, 15) is 14.4 Å². The Kier molecular flexibility index (Phi) is 5.17. The Morgan fingerprint density at radius 2 is 2.19 bits per heavy atom. The Bertz CT molecular complexity index is 426. The maximum Gasteiger partial charge on any atom is 0.242 e. The van der Waals surface area contributed by atoms with E-state index < -0.39 is 6.04 Å². The molecule has 0 radical (unpaired) electrons. The van der Waals surface area contributed by atoms with E-state index in [0.29, 0.717) is 39.2 Å². The number of hydrogen-bond acceptors (Lipinski definition) is 4. The predicted octanol–water partition coefficient (Wildman–Crippen LogP) is -0.782. The average molecular weight is 297 g/mol. The van der Waals surface area contributed by atoms with E-state index in [1.54, 1.807) is 16.9 Å². The molecule has 0 aromatic rings. The molecule has 7 heteroatoms. The summed E-state index contributed by atoms with van der Waals surface area (Å²) in [6, 6.07) is -0.408. The van der Waals surface area contributed by atoms with Crippen molar-refractivity contribution in [2.24, 2.45) is 5.92 Å². The van der Waals surface area contributed by atoms with E-state index in [1.807, 2.05) is 6.92 Å². The van der Waals surface area contributed by atoms with E-state index in [4.69, 9.17) is 4.74 Å². The second kappa shape index (κ2) is 6.89. The van der Waals surface area contributed by atoms with Gasteiger partial charge in [-0.2, -0.15) is 0 Å². The van der Waals surface area contributed by atoms with Gasteiger partial charge in [-0.3, -0.25) is 14.4 Å². The van der Waals surface area contributed by atoms with Crippen LogP contribution in [-0.4, -0.2) is 73.5 Å². The molecule has 2 unspecified atom stereocenters. The Hall–Kier alpha value is -1.63. The molecule has 2 aliphatic rings. The molecule has 0 aromatic heterocycles. The van der Waals surface area contributed by atoms with Gasteiger partial charge in [0.05, 0.1) is 12.5 Å². The van der Waals surface area contributed by atoms with Crippen molar-refractivity contribution >= 4 is 17.7 Å². The first-order valence-corrected chi connectivity index (χ1v) is 7.43. The van der Waals surface area contributed by atoms with Crippen LogP contribution in [0.25, 0.3) is 0 Å². The van der Waals surface area contributed by atoms with Gasteiger partial charge in [0.25, 0.3) is 0 Å². The van der Waals surface area contributed by atoms with Crippen molar-refractivity contribution in [1.82, 2.24) is 15.1 Å². The summed E-state index contributed by atoms with van der Waals surface area (Å²) in [5.74, 6) is -0.531. The highest BCUT2D eigenvalue weighted by atomic mass is 16.5. The molecule has 0 bridgehead atoms. The largest absolute Gasteiger partial charge is 0.383 e. The van der Waals surface area contributed by atoms with Crippen LogP contribution in [0.2, 0.25) is 0 Å². The van der Waals surface area contributed by atoms with E-state index in [-0.39, 0.29) is 30.1 Å². The normalized spacial score (nSPS) is 26.2. The maximum atomic E-state index is 12.6. The number of methoxy groups -OCH3 is 1. The molecule has 0 aromatic carbocycles. The summed E-state index contributed by atoms with van der Waals surface area (Å²) >= 11 is 0. The van der Waals surface area contributed by atoms with Crippen LogP contribution in [0.3, 0.4) is 0 Å². The Morgan fingerprint density at radius 3 is 2.86 bits per heavy atom. The Labute approximate surface area is 124 Å². The average Bonchev–Trinajstić information content (AvgIpc) is 2.85. The van der Waals surface area contributed by atoms with Crippen LogP contribution in [0, 0.1) is 5.92 Å². The smallest absolute Gasteiger partial charge is 0.242 e. The van der Waals surface area contributed by atoms with Gasteiger partial charge in [0.15, 0.2) is 0 Å². The van der Waals surface area contributed by atoms with Gasteiger partial charge in [0.2, 0.25) is 17.7 Å². The number of piperazine rings is 1. The summed E-state index contributed by atoms with van der Waals surface area (Å²) in [5.41, 5.74) is 0. The number of nitrogens with one attached hydrogen (secondary N) is 1. The second-order valence-electron chi connectivity index (χ2n) is 5.48. The highest BCUT2D eigenvalue weighted by Gasteiger charge is 2.40. The van der Waals surface area contributed by atoms with Crippen molar-refractivity contribution in [2.45, 2.75) is 25.8 Å². The molecule has 2 rings (SSSR count). The van der Waals surface area contributed by atoms with Crippen LogP contribution in [-0.2, 0) is 19.1 Å². The SMILES string of the molecule is CCC1C(=O)NCCN1C(=O)C1CC(=O)N(CCOC)C1. The highest BCUT2D eigenvalue weighted by Crippen LogP contribution is 2.22. The molecular formula is C14H23N3O4. The van der Waals surface area contributed by atoms with Crippen molar-refractivity contribution in [2.75, 3.05) is 39.9 Å². The zero-order valence-electron chi connectivity index (χ0n) is 12.6. The van der Waals surface area contributed by atoms with Gasteiger partial charge in [-0.1, -0.05) is 6.92 Å². The van der Waals surface area contributed by atoms with Gasteiger partial charge < -0.3 is 19.9 Å². The van der Waals surface area contributed by atoms with Gasteiger partial charge in [-0.05, 0) is 6.42 Å². The third-order valence-corrected chi connectivity index (χ3v) is 4.13. The molecule has 118 valence electrons. The molecule has 2 aliphatic heterocycles. The Balaban J connectivity index is 1.99. The van der Waals surface area contributed by atoms with Crippen molar-refractivity contribution in [3.05, 3.63) is 0 Å². The summed E-state index contributed by atoms with van der Waals surface area (Å²) in [4.78, 5) is 39.7.